The van der Waals surface area contributed by atoms with Crippen molar-refractivity contribution in [3.8, 4) is 0 Å². The Labute approximate surface area is 73.6 Å². The number of esters is 1. The minimum atomic E-state index is -0.315. The first-order valence-electron chi connectivity index (χ1n) is 4.15. The van der Waals surface area contributed by atoms with Crippen LogP contribution in [0.2, 0.25) is 0 Å². The second-order valence-corrected chi connectivity index (χ2v) is 2.96. The summed E-state index contributed by atoms with van der Waals surface area (Å²) in [5, 5.41) is 0. The summed E-state index contributed by atoms with van der Waals surface area (Å²) in [5.41, 5.74) is 6.69. The fourth-order valence-corrected chi connectivity index (χ4v) is 0.699. The number of nitrogens with two attached hydrogens (primary N) is 1. The summed E-state index contributed by atoms with van der Waals surface area (Å²) in [6.45, 7) is 7.21. The molecule has 0 unspecified atom stereocenters. The highest BCUT2D eigenvalue weighted by Crippen LogP contribution is 2.05. The quantitative estimate of drug-likeness (QED) is 0.518. The lowest BCUT2D eigenvalue weighted by Crippen LogP contribution is -2.15. The van der Waals surface area contributed by atoms with Crippen LogP contribution in [0, 0.1) is 0 Å². The Hall–Kier alpha value is -0.990. The molecular weight excluding hydrogens is 154 g/mol. The van der Waals surface area contributed by atoms with Crippen LogP contribution in [0.15, 0.2) is 11.3 Å². The van der Waals surface area contributed by atoms with E-state index in [9.17, 15) is 4.79 Å². The Balaban J connectivity index is 4.29. The number of allylic oxidation sites excluding steroid dienone is 1. The molecule has 0 heterocycles. The van der Waals surface area contributed by atoms with Crippen molar-refractivity contribution >= 4 is 5.97 Å². The van der Waals surface area contributed by atoms with Gasteiger partial charge in [0.25, 0.3) is 0 Å². The number of carbonyl (C=O) groups is 1. The van der Waals surface area contributed by atoms with Gasteiger partial charge in [0, 0.05) is 5.70 Å². The Morgan fingerprint density at radius 1 is 1.50 bits per heavy atom. The molecule has 0 aromatic rings. The van der Waals surface area contributed by atoms with Crippen molar-refractivity contribution in [2.24, 2.45) is 5.73 Å². The highest BCUT2D eigenvalue weighted by atomic mass is 16.5. The molecule has 0 aromatic carbocycles. The van der Waals surface area contributed by atoms with Gasteiger partial charge in [-0.3, -0.25) is 0 Å². The molecule has 70 valence electrons. The van der Waals surface area contributed by atoms with Crippen LogP contribution in [-0.2, 0) is 9.53 Å². The molecule has 3 heteroatoms. The van der Waals surface area contributed by atoms with Crippen LogP contribution >= 0.6 is 0 Å². The Kier molecular flexibility index (Phi) is 4.40. The number of carbonyl (C=O) groups excluding carboxylic acids is 1. The lowest BCUT2D eigenvalue weighted by molar-refractivity contribution is -0.142. The van der Waals surface area contributed by atoms with Crippen molar-refractivity contribution in [2.75, 3.05) is 0 Å². The van der Waals surface area contributed by atoms with Gasteiger partial charge < -0.3 is 10.5 Å². The molecule has 0 aliphatic carbocycles. The van der Waals surface area contributed by atoms with Crippen LogP contribution < -0.4 is 5.73 Å². The Bertz CT molecular complexity index is 195. The first-order valence-corrected chi connectivity index (χ1v) is 4.15. The van der Waals surface area contributed by atoms with Gasteiger partial charge in [-0.05, 0) is 27.2 Å². The summed E-state index contributed by atoms with van der Waals surface area (Å²) < 4.78 is 4.96. The standard InChI is InChI=1S/C9H17NO2/c1-5-8(10)7(4)9(11)12-6(2)3/h6H,5,10H2,1-4H3. The van der Waals surface area contributed by atoms with Crippen molar-refractivity contribution in [3.63, 3.8) is 0 Å². The van der Waals surface area contributed by atoms with E-state index in [-0.39, 0.29) is 12.1 Å². The molecule has 0 aromatic heterocycles. The van der Waals surface area contributed by atoms with E-state index in [2.05, 4.69) is 0 Å². The summed E-state index contributed by atoms with van der Waals surface area (Å²) in [7, 11) is 0. The second-order valence-electron chi connectivity index (χ2n) is 2.96. The molecule has 3 nitrogen and oxygen atoms in total. The van der Waals surface area contributed by atoms with E-state index in [1.54, 1.807) is 6.92 Å². The summed E-state index contributed by atoms with van der Waals surface area (Å²) >= 11 is 0. The minimum Gasteiger partial charge on any atom is -0.460 e. The Morgan fingerprint density at radius 3 is 2.33 bits per heavy atom. The van der Waals surface area contributed by atoms with E-state index >= 15 is 0 Å². The third-order valence-electron chi connectivity index (χ3n) is 1.51. The SMILES string of the molecule is CCC(N)=C(C)C(=O)OC(C)C. The fraction of sp³-hybridized carbons (Fsp3) is 0.667. The highest BCUT2D eigenvalue weighted by molar-refractivity contribution is 5.88. The van der Waals surface area contributed by atoms with Crippen LogP contribution in [0.3, 0.4) is 0 Å². The van der Waals surface area contributed by atoms with Crippen molar-refractivity contribution in [1.29, 1.82) is 0 Å². The predicted octanol–water partition coefficient (Wildman–Crippen LogP) is 1.58. The van der Waals surface area contributed by atoms with Gasteiger partial charge in [-0.1, -0.05) is 6.92 Å². The van der Waals surface area contributed by atoms with Gasteiger partial charge in [0.05, 0.1) is 11.7 Å². The zero-order valence-electron chi connectivity index (χ0n) is 8.18. The summed E-state index contributed by atoms with van der Waals surface area (Å²) in [5.74, 6) is -0.315. The zero-order valence-corrected chi connectivity index (χ0v) is 8.18. The molecule has 0 amide bonds. The van der Waals surface area contributed by atoms with Gasteiger partial charge in [0.15, 0.2) is 0 Å². The molecule has 0 fully saturated rings. The number of rotatable bonds is 3. The van der Waals surface area contributed by atoms with Gasteiger partial charge in [-0.25, -0.2) is 4.79 Å². The molecule has 0 aliphatic heterocycles. The molecule has 0 spiro atoms. The zero-order chi connectivity index (χ0) is 9.72. The largest absolute Gasteiger partial charge is 0.460 e. The number of ether oxygens (including phenoxy) is 1. The first kappa shape index (κ1) is 11.0. The average molecular weight is 171 g/mol. The van der Waals surface area contributed by atoms with E-state index in [4.69, 9.17) is 10.5 Å². The topological polar surface area (TPSA) is 52.3 Å². The average Bonchev–Trinajstić information content (AvgIpc) is 2.00. The molecule has 2 N–H and O–H groups in total. The first-order chi connectivity index (χ1) is 5.49. The van der Waals surface area contributed by atoms with Gasteiger partial charge in [0.1, 0.15) is 0 Å². The van der Waals surface area contributed by atoms with Crippen LogP contribution in [0.1, 0.15) is 34.1 Å². The third kappa shape index (κ3) is 3.42. The van der Waals surface area contributed by atoms with E-state index in [1.165, 1.54) is 0 Å². The van der Waals surface area contributed by atoms with E-state index in [0.717, 1.165) is 0 Å². The molecule has 0 bridgehead atoms. The van der Waals surface area contributed by atoms with Crippen LogP contribution in [0.25, 0.3) is 0 Å². The van der Waals surface area contributed by atoms with Gasteiger partial charge >= 0.3 is 5.97 Å². The van der Waals surface area contributed by atoms with Crippen molar-refractivity contribution < 1.29 is 9.53 Å². The van der Waals surface area contributed by atoms with Gasteiger partial charge in [-0.15, -0.1) is 0 Å². The number of hydrogen-bond acceptors (Lipinski definition) is 3. The maximum atomic E-state index is 11.2. The molecule has 0 rings (SSSR count). The van der Waals surface area contributed by atoms with Crippen LogP contribution in [0.4, 0.5) is 0 Å². The lowest BCUT2D eigenvalue weighted by Gasteiger charge is -2.09. The van der Waals surface area contributed by atoms with E-state index < -0.39 is 0 Å². The minimum absolute atomic E-state index is 0.0860. The smallest absolute Gasteiger partial charge is 0.335 e. The fourth-order valence-electron chi connectivity index (χ4n) is 0.699. The third-order valence-corrected chi connectivity index (χ3v) is 1.51. The predicted molar refractivity (Wildman–Crippen MR) is 48.4 cm³/mol. The van der Waals surface area contributed by atoms with Crippen molar-refractivity contribution in [1.82, 2.24) is 0 Å². The highest BCUT2D eigenvalue weighted by Gasteiger charge is 2.10. The molecule has 0 radical (unpaired) electrons. The number of hydrogen-bond donors (Lipinski definition) is 1. The Morgan fingerprint density at radius 2 is 2.00 bits per heavy atom. The molecule has 12 heavy (non-hydrogen) atoms. The van der Waals surface area contributed by atoms with Crippen LogP contribution in [-0.4, -0.2) is 12.1 Å². The second kappa shape index (κ2) is 4.80. The van der Waals surface area contributed by atoms with Crippen LogP contribution in [0.5, 0.6) is 0 Å². The van der Waals surface area contributed by atoms with Gasteiger partial charge in [0.2, 0.25) is 0 Å². The monoisotopic (exact) mass is 171 g/mol. The van der Waals surface area contributed by atoms with E-state index in [0.29, 0.717) is 17.7 Å². The lowest BCUT2D eigenvalue weighted by atomic mass is 10.2. The van der Waals surface area contributed by atoms with Crippen molar-refractivity contribution in [2.45, 2.75) is 40.2 Å². The summed E-state index contributed by atoms with van der Waals surface area (Å²) in [6, 6.07) is 0. The maximum Gasteiger partial charge on any atom is 0.335 e. The molecule has 0 saturated carbocycles. The molecular formula is C9H17NO2. The summed E-state index contributed by atoms with van der Waals surface area (Å²) in [4.78, 5) is 11.2. The van der Waals surface area contributed by atoms with Crippen molar-refractivity contribution in [3.05, 3.63) is 11.3 Å². The maximum absolute atomic E-state index is 11.2. The molecule has 0 atom stereocenters. The molecule has 0 aliphatic rings. The summed E-state index contributed by atoms with van der Waals surface area (Å²) in [6.07, 6.45) is 0.594. The van der Waals surface area contributed by atoms with Gasteiger partial charge in [-0.2, -0.15) is 0 Å². The normalized spacial score (nSPS) is 12.8. The van der Waals surface area contributed by atoms with E-state index in [1.807, 2.05) is 20.8 Å². The molecule has 0 saturated heterocycles.